The van der Waals surface area contributed by atoms with Crippen molar-refractivity contribution in [2.24, 2.45) is 11.7 Å². The molecule has 11 heteroatoms. The summed E-state index contributed by atoms with van der Waals surface area (Å²) in [6.45, 7) is 3.64. The highest BCUT2D eigenvalue weighted by molar-refractivity contribution is 5.92. The number of aromatic amines is 1. The lowest BCUT2D eigenvalue weighted by Gasteiger charge is -2.24. The van der Waals surface area contributed by atoms with Crippen LogP contribution < -0.4 is 16.4 Å². The van der Waals surface area contributed by atoms with E-state index in [1.54, 1.807) is 6.92 Å². The summed E-state index contributed by atoms with van der Waals surface area (Å²) in [4.78, 5) is 53.7. The minimum Gasteiger partial charge on any atom is -0.481 e. The monoisotopic (exact) mass is 397 g/mol. The van der Waals surface area contributed by atoms with Crippen LogP contribution in [0, 0.1) is 5.92 Å². The minimum absolute atomic E-state index is 0.0486. The smallest absolute Gasteiger partial charge is 0.326 e. The van der Waals surface area contributed by atoms with Gasteiger partial charge in [0.1, 0.15) is 12.1 Å². The number of carbonyl (C=O) groups is 4. The lowest BCUT2D eigenvalue weighted by Crippen LogP contribution is -2.55. The molecule has 0 radical (unpaired) electrons. The van der Waals surface area contributed by atoms with Gasteiger partial charge in [-0.25, -0.2) is 9.78 Å². The van der Waals surface area contributed by atoms with E-state index in [9.17, 15) is 24.3 Å². The van der Waals surface area contributed by atoms with E-state index in [4.69, 9.17) is 10.8 Å². The van der Waals surface area contributed by atoms with E-state index in [1.165, 1.54) is 12.5 Å². The number of nitrogens with zero attached hydrogens (tertiary/aromatic N) is 1. The number of rotatable bonds is 12. The van der Waals surface area contributed by atoms with Crippen molar-refractivity contribution in [3.8, 4) is 0 Å². The Kier molecular flexibility index (Phi) is 9.09. The average molecular weight is 397 g/mol. The summed E-state index contributed by atoms with van der Waals surface area (Å²) in [5.74, 6) is -3.96. The van der Waals surface area contributed by atoms with E-state index >= 15 is 0 Å². The van der Waals surface area contributed by atoms with Crippen LogP contribution in [-0.2, 0) is 25.6 Å². The van der Waals surface area contributed by atoms with Crippen molar-refractivity contribution in [3.05, 3.63) is 18.2 Å². The van der Waals surface area contributed by atoms with E-state index in [0.717, 1.165) is 0 Å². The molecule has 0 aliphatic carbocycles. The summed E-state index contributed by atoms with van der Waals surface area (Å²) in [5.41, 5.74) is 6.35. The van der Waals surface area contributed by atoms with Gasteiger partial charge in [-0.05, 0) is 12.3 Å². The van der Waals surface area contributed by atoms with Gasteiger partial charge in [-0.3, -0.25) is 14.4 Å². The molecule has 7 N–H and O–H groups in total. The highest BCUT2D eigenvalue weighted by Gasteiger charge is 2.29. The summed E-state index contributed by atoms with van der Waals surface area (Å²) in [7, 11) is 0. The predicted molar refractivity (Wildman–Crippen MR) is 98.1 cm³/mol. The van der Waals surface area contributed by atoms with Gasteiger partial charge in [0, 0.05) is 24.7 Å². The van der Waals surface area contributed by atoms with Gasteiger partial charge in [0.2, 0.25) is 11.8 Å². The molecule has 156 valence electrons. The lowest BCUT2D eigenvalue weighted by atomic mass is 9.98. The molecule has 0 saturated heterocycles. The molecule has 2 amide bonds. The Labute approximate surface area is 162 Å². The molecule has 0 saturated carbocycles. The van der Waals surface area contributed by atoms with Crippen LogP contribution in [0.2, 0.25) is 0 Å². The third-order valence-electron chi connectivity index (χ3n) is 4.43. The molecule has 0 spiro atoms. The molecule has 0 aliphatic heterocycles. The summed E-state index contributed by atoms with van der Waals surface area (Å²) in [6.07, 6.45) is 2.82. The number of amides is 2. The first-order valence-corrected chi connectivity index (χ1v) is 8.93. The van der Waals surface area contributed by atoms with E-state index in [0.29, 0.717) is 12.1 Å². The molecule has 0 aliphatic rings. The SMILES string of the molecule is CC[C@H](C)[C@H](N)C(=O)N[C@@H](CCC(=O)O)C(=O)N[C@@H](Cc1cnc[nH]1)C(=O)O. The van der Waals surface area contributed by atoms with Crippen molar-refractivity contribution < 1.29 is 29.4 Å². The number of hydrogen-bond acceptors (Lipinski definition) is 6. The zero-order chi connectivity index (χ0) is 21.3. The number of carboxylic acid groups (broad SMARTS) is 2. The maximum absolute atomic E-state index is 12.5. The molecule has 11 nitrogen and oxygen atoms in total. The Hall–Kier alpha value is -2.95. The largest absolute Gasteiger partial charge is 0.481 e. The fraction of sp³-hybridized carbons (Fsp3) is 0.588. The first-order chi connectivity index (χ1) is 13.1. The molecule has 1 aromatic rings. The van der Waals surface area contributed by atoms with Crippen molar-refractivity contribution in [2.75, 3.05) is 0 Å². The molecule has 1 heterocycles. The van der Waals surface area contributed by atoms with Gasteiger partial charge in [0.25, 0.3) is 0 Å². The van der Waals surface area contributed by atoms with Gasteiger partial charge in [-0.15, -0.1) is 0 Å². The highest BCUT2D eigenvalue weighted by atomic mass is 16.4. The summed E-state index contributed by atoms with van der Waals surface area (Å²) >= 11 is 0. The van der Waals surface area contributed by atoms with Crippen molar-refractivity contribution >= 4 is 23.8 Å². The molecular weight excluding hydrogens is 370 g/mol. The maximum Gasteiger partial charge on any atom is 0.326 e. The third-order valence-corrected chi connectivity index (χ3v) is 4.43. The lowest BCUT2D eigenvalue weighted by molar-refractivity contribution is -0.143. The first kappa shape index (κ1) is 23.1. The van der Waals surface area contributed by atoms with Crippen LogP contribution in [0.1, 0.15) is 38.8 Å². The molecule has 1 rings (SSSR count). The van der Waals surface area contributed by atoms with Gasteiger partial charge < -0.3 is 31.6 Å². The van der Waals surface area contributed by atoms with Crippen LogP contribution in [0.4, 0.5) is 0 Å². The van der Waals surface area contributed by atoms with Crippen molar-refractivity contribution in [1.29, 1.82) is 0 Å². The number of aromatic nitrogens is 2. The van der Waals surface area contributed by atoms with Crippen molar-refractivity contribution in [2.45, 2.75) is 57.7 Å². The number of carboxylic acids is 2. The van der Waals surface area contributed by atoms with Crippen LogP contribution in [-0.4, -0.2) is 62.1 Å². The molecule has 28 heavy (non-hydrogen) atoms. The molecular formula is C17H27N5O6. The first-order valence-electron chi connectivity index (χ1n) is 8.93. The van der Waals surface area contributed by atoms with Crippen LogP contribution in [0.25, 0.3) is 0 Å². The van der Waals surface area contributed by atoms with Gasteiger partial charge >= 0.3 is 11.9 Å². The van der Waals surface area contributed by atoms with E-state index in [1.807, 2.05) is 6.92 Å². The number of carbonyl (C=O) groups excluding carboxylic acids is 2. The molecule has 1 aromatic heterocycles. The molecule has 0 fully saturated rings. The topological polar surface area (TPSA) is 188 Å². The minimum atomic E-state index is -1.28. The van der Waals surface area contributed by atoms with E-state index in [-0.39, 0.29) is 25.2 Å². The van der Waals surface area contributed by atoms with Crippen LogP contribution >= 0.6 is 0 Å². The van der Waals surface area contributed by atoms with E-state index in [2.05, 4.69) is 20.6 Å². The molecule has 0 aromatic carbocycles. The molecule has 0 unspecified atom stereocenters. The summed E-state index contributed by atoms with van der Waals surface area (Å²) < 4.78 is 0. The molecule has 4 atom stereocenters. The van der Waals surface area contributed by atoms with Gasteiger partial charge in [-0.2, -0.15) is 0 Å². The zero-order valence-corrected chi connectivity index (χ0v) is 15.8. The predicted octanol–water partition coefficient (Wildman–Crippen LogP) is -0.755. The Morgan fingerprint density at radius 3 is 2.32 bits per heavy atom. The van der Waals surface area contributed by atoms with Gasteiger partial charge in [0.05, 0.1) is 12.4 Å². The van der Waals surface area contributed by atoms with Crippen LogP contribution in [0.3, 0.4) is 0 Å². The maximum atomic E-state index is 12.5. The Morgan fingerprint density at radius 1 is 1.18 bits per heavy atom. The highest BCUT2D eigenvalue weighted by Crippen LogP contribution is 2.07. The number of aliphatic carboxylic acids is 2. The van der Waals surface area contributed by atoms with Crippen LogP contribution in [0.15, 0.2) is 12.5 Å². The number of imidazole rings is 1. The number of nitrogens with two attached hydrogens (primary N) is 1. The standard InChI is InChI=1S/C17H27N5O6/c1-3-9(2)14(18)16(26)21-11(4-5-13(23)24)15(25)22-12(17(27)28)6-10-7-19-8-20-10/h7-9,11-12,14H,3-6,18H2,1-2H3,(H,19,20)(H,21,26)(H,22,25)(H,23,24)(H,27,28)/t9-,11-,12-,14-/m0/s1. The Balaban J connectivity index is 2.85. The fourth-order valence-corrected chi connectivity index (χ4v) is 2.41. The average Bonchev–Trinajstić information content (AvgIpc) is 3.15. The van der Waals surface area contributed by atoms with Crippen LogP contribution in [0.5, 0.6) is 0 Å². The second-order valence-corrected chi connectivity index (χ2v) is 6.59. The number of H-pyrrole nitrogens is 1. The van der Waals surface area contributed by atoms with Gasteiger partial charge in [-0.1, -0.05) is 20.3 Å². The van der Waals surface area contributed by atoms with Crippen molar-refractivity contribution in [1.82, 2.24) is 20.6 Å². The second kappa shape index (κ2) is 11.0. The second-order valence-electron chi connectivity index (χ2n) is 6.59. The Bertz CT molecular complexity index is 678. The van der Waals surface area contributed by atoms with Gasteiger partial charge in [0.15, 0.2) is 0 Å². The Morgan fingerprint density at radius 2 is 1.82 bits per heavy atom. The number of hydrogen-bond donors (Lipinski definition) is 6. The third kappa shape index (κ3) is 7.35. The quantitative estimate of drug-likeness (QED) is 0.265. The molecule has 0 bridgehead atoms. The normalized spacial score (nSPS) is 15.1. The van der Waals surface area contributed by atoms with Crippen molar-refractivity contribution in [3.63, 3.8) is 0 Å². The summed E-state index contributed by atoms with van der Waals surface area (Å²) in [6, 6.07) is -3.37. The number of nitrogens with one attached hydrogen (secondary N) is 3. The van der Waals surface area contributed by atoms with E-state index < -0.39 is 41.9 Å². The summed E-state index contributed by atoms with van der Waals surface area (Å²) in [5, 5.41) is 23.0. The zero-order valence-electron chi connectivity index (χ0n) is 15.8. The fourth-order valence-electron chi connectivity index (χ4n) is 2.41.